The third kappa shape index (κ3) is 7.01. The molecule has 1 aromatic carbocycles. The van der Waals surface area contributed by atoms with Crippen LogP contribution in [-0.4, -0.2) is 37.5 Å². The third-order valence-corrected chi connectivity index (χ3v) is 5.67. The Morgan fingerprint density at radius 3 is 2.03 bits per heavy atom. The zero-order valence-corrected chi connectivity index (χ0v) is 20.2. The number of carbonyl (C=O) groups is 3. The summed E-state index contributed by atoms with van der Waals surface area (Å²) in [6.45, 7) is 3.89. The van der Waals surface area contributed by atoms with Crippen molar-refractivity contribution in [2.24, 2.45) is 5.16 Å². The number of rotatable bonds is 14. The number of hydrogen-bond donors (Lipinski definition) is 0. The summed E-state index contributed by atoms with van der Waals surface area (Å²) in [4.78, 5) is 42.0. The molecule has 1 aromatic rings. The maximum Gasteiger partial charge on any atom is 0.334 e. The Morgan fingerprint density at radius 2 is 1.45 bits per heavy atom. The summed E-state index contributed by atoms with van der Waals surface area (Å²) in [5.74, 6) is -0.640. The molecule has 0 fully saturated rings. The number of ether oxygens (including phenoxy) is 2. The second-order valence-corrected chi connectivity index (χ2v) is 8.05. The van der Waals surface area contributed by atoms with E-state index in [4.69, 9.17) is 14.3 Å². The van der Waals surface area contributed by atoms with Gasteiger partial charge in [0.15, 0.2) is 11.6 Å². The Bertz CT molecular complexity index is 916. The number of fused-ring (bicyclic) bond motifs is 1. The van der Waals surface area contributed by atoms with Crippen LogP contribution in [0.2, 0.25) is 0 Å². The number of oxime groups is 1. The molecule has 180 valence electrons. The lowest BCUT2D eigenvalue weighted by Gasteiger charge is -2.20. The molecule has 0 unspecified atom stereocenters. The zero-order chi connectivity index (χ0) is 24.2. The molecular formula is C26H35NO6. The monoisotopic (exact) mass is 457 g/mol. The number of nitrogens with zero attached hydrogens (tertiary/aromatic N) is 1. The highest BCUT2D eigenvalue weighted by molar-refractivity contribution is 6.25. The molecule has 0 spiro atoms. The van der Waals surface area contributed by atoms with Crippen LogP contribution in [0.3, 0.4) is 0 Å². The summed E-state index contributed by atoms with van der Waals surface area (Å²) in [5.41, 5.74) is 1.28. The van der Waals surface area contributed by atoms with Gasteiger partial charge in [-0.2, -0.15) is 0 Å². The number of hydrogen-bond acceptors (Lipinski definition) is 7. The molecular weight excluding hydrogens is 422 g/mol. The van der Waals surface area contributed by atoms with E-state index in [1.54, 1.807) is 13.0 Å². The van der Waals surface area contributed by atoms with Crippen LogP contribution in [0.5, 0.6) is 11.5 Å². The van der Waals surface area contributed by atoms with Crippen LogP contribution in [0.25, 0.3) is 0 Å². The topological polar surface area (TPSA) is 91.3 Å². The average molecular weight is 458 g/mol. The van der Waals surface area contributed by atoms with Crippen molar-refractivity contribution in [2.45, 2.75) is 78.1 Å². The van der Waals surface area contributed by atoms with Gasteiger partial charge in [0.25, 0.3) is 0 Å². The quantitative estimate of drug-likeness (QED) is 0.151. The molecule has 0 saturated heterocycles. The molecule has 0 atom stereocenters. The summed E-state index contributed by atoms with van der Waals surface area (Å²) in [5, 5.41) is 4.12. The maximum atomic E-state index is 12.7. The van der Waals surface area contributed by atoms with Crippen LogP contribution in [-0.2, 0) is 9.63 Å². The first-order valence-electron chi connectivity index (χ1n) is 11.8. The second-order valence-electron chi connectivity index (χ2n) is 8.05. The van der Waals surface area contributed by atoms with Gasteiger partial charge in [-0.05, 0) is 31.1 Å². The van der Waals surface area contributed by atoms with Crippen molar-refractivity contribution in [2.75, 3.05) is 14.2 Å². The molecule has 7 nitrogen and oxygen atoms in total. The Labute approximate surface area is 196 Å². The SMILES string of the molecule is CCCCCCCCCCC(=NOC(=O)CC)c1cc(OC)c2c(c1OC)C(=O)C=CC2=O. The molecule has 0 N–H and O–H groups in total. The van der Waals surface area contributed by atoms with Crippen LogP contribution in [0.15, 0.2) is 23.4 Å². The predicted molar refractivity (Wildman–Crippen MR) is 127 cm³/mol. The number of methoxy groups -OCH3 is 2. The smallest absolute Gasteiger partial charge is 0.334 e. The van der Waals surface area contributed by atoms with E-state index >= 15 is 0 Å². The van der Waals surface area contributed by atoms with Gasteiger partial charge in [-0.1, -0.05) is 63.9 Å². The number of allylic oxidation sites excluding steroid dienone is 2. The van der Waals surface area contributed by atoms with Crippen molar-refractivity contribution in [3.8, 4) is 11.5 Å². The van der Waals surface area contributed by atoms with E-state index in [2.05, 4.69) is 12.1 Å². The van der Waals surface area contributed by atoms with Gasteiger partial charge in [-0.15, -0.1) is 0 Å². The summed E-state index contributed by atoms with van der Waals surface area (Å²) >= 11 is 0. The number of benzene rings is 1. The molecule has 0 saturated carbocycles. The van der Waals surface area contributed by atoms with E-state index in [1.165, 1.54) is 58.5 Å². The van der Waals surface area contributed by atoms with Gasteiger partial charge in [0.1, 0.15) is 11.5 Å². The number of unbranched alkanes of at least 4 members (excludes halogenated alkanes) is 7. The molecule has 7 heteroatoms. The molecule has 1 aliphatic carbocycles. The Morgan fingerprint density at radius 1 is 0.848 bits per heavy atom. The van der Waals surface area contributed by atoms with Crippen LogP contribution in [0, 0.1) is 0 Å². The Balaban J connectivity index is 2.32. The summed E-state index contributed by atoms with van der Waals surface area (Å²) in [6, 6.07) is 1.63. The fraction of sp³-hybridized carbons (Fsp3) is 0.538. The van der Waals surface area contributed by atoms with Crippen molar-refractivity contribution in [3.63, 3.8) is 0 Å². The maximum absolute atomic E-state index is 12.7. The molecule has 1 aliphatic rings. The average Bonchev–Trinajstić information content (AvgIpc) is 2.83. The van der Waals surface area contributed by atoms with Gasteiger partial charge in [-0.25, -0.2) is 4.79 Å². The van der Waals surface area contributed by atoms with E-state index < -0.39 is 5.97 Å². The number of carbonyl (C=O) groups excluding carboxylic acids is 3. The van der Waals surface area contributed by atoms with Gasteiger partial charge in [0.05, 0.1) is 31.1 Å². The lowest BCUT2D eigenvalue weighted by molar-refractivity contribution is -0.143. The molecule has 0 bridgehead atoms. The fourth-order valence-corrected chi connectivity index (χ4v) is 3.85. The highest BCUT2D eigenvalue weighted by atomic mass is 16.7. The molecule has 0 aliphatic heterocycles. The second kappa shape index (κ2) is 13.6. The molecule has 0 radical (unpaired) electrons. The zero-order valence-electron chi connectivity index (χ0n) is 20.2. The highest BCUT2D eigenvalue weighted by Gasteiger charge is 2.31. The van der Waals surface area contributed by atoms with Gasteiger partial charge in [0.2, 0.25) is 0 Å². The molecule has 2 rings (SSSR count). The van der Waals surface area contributed by atoms with Crippen LogP contribution in [0.1, 0.15) is 104 Å². The van der Waals surface area contributed by atoms with Crippen molar-refractivity contribution in [1.82, 2.24) is 0 Å². The third-order valence-electron chi connectivity index (χ3n) is 5.67. The van der Waals surface area contributed by atoms with Crippen molar-refractivity contribution >= 4 is 23.2 Å². The van der Waals surface area contributed by atoms with E-state index in [-0.39, 0.29) is 40.6 Å². The van der Waals surface area contributed by atoms with Gasteiger partial charge in [0, 0.05) is 12.0 Å². The van der Waals surface area contributed by atoms with E-state index in [9.17, 15) is 14.4 Å². The lowest BCUT2D eigenvalue weighted by Crippen LogP contribution is -2.18. The minimum Gasteiger partial charge on any atom is -0.496 e. The molecule has 33 heavy (non-hydrogen) atoms. The minimum absolute atomic E-state index is 0.143. The summed E-state index contributed by atoms with van der Waals surface area (Å²) in [6.07, 6.45) is 12.3. The van der Waals surface area contributed by atoms with Crippen LogP contribution in [0.4, 0.5) is 0 Å². The van der Waals surface area contributed by atoms with E-state index in [1.807, 2.05) is 0 Å². The Kier molecular flexibility index (Phi) is 10.8. The van der Waals surface area contributed by atoms with Crippen LogP contribution < -0.4 is 9.47 Å². The highest BCUT2D eigenvalue weighted by Crippen LogP contribution is 2.38. The van der Waals surface area contributed by atoms with Gasteiger partial charge >= 0.3 is 5.97 Å². The first kappa shape index (κ1) is 26.3. The van der Waals surface area contributed by atoms with E-state index in [0.717, 1.165) is 19.3 Å². The predicted octanol–water partition coefficient (Wildman–Crippen LogP) is 5.83. The summed E-state index contributed by atoms with van der Waals surface area (Å²) < 4.78 is 11.0. The largest absolute Gasteiger partial charge is 0.496 e. The molecule has 0 aromatic heterocycles. The molecule has 0 amide bonds. The van der Waals surface area contributed by atoms with Crippen molar-refractivity contribution in [3.05, 3.63) is 34.9 Å². The Hall–Kier alpha value is -2.96. The minimum atomic E-state index is -0.457. The fourth-order valence-electron chi connectivity index (χ4n) is 3.85. The van der Waals surface area contributed by atoms with Gasteiger partial charge in [-0.3, -0.25) is 9.59 Å². The normalized spacial score (nSPS) is 13.2. The molecule has 0 heterocycles. The first-order valence-corrected chi connectivity index (χ1v) is 11.8. The van der Waals surface area contributed by atoms with Gasteiger partial charge < -0.3 is 14.3 Å². The van der Waals surface area contributed by atoms with Crippen molar-refractivity contribution in [1.29, 1.82) is 0 Å². The first-order chi connectivity index (χ1) is 16.0. The van der Waals surface area contributed by atoms with Crippen molar-refractivity contribution < 1.29 is 28.7 Å². The van der Waals surface area contributed by atoms with Crippen LogP contribution >= 0.6 is 0 Å². The number of ketones is 2. The standard InChI is InChI=1S/C26H35NO6/c1-5-7-8-9-10-11-12-13-14-19(27-33-23(30)6-2)18-17-22(31-3)24-20(28)15-16-21(29)25(24)26(18)32-4/h15-17H,5-14H2,1-4H3. The summed E-state index contributed by atoms with van der Waals surface area (Å²) in [7, 11) is 2.88. The van der Waals surface area contributed by atoms with E-state index in [0.29, 0.717) is 17.7 Å². The lowest BCUT2D eigenvalue weighted by atomic mass is 9.88.